The maximum atomic E-state index is 12.8. The molecule has 2 heterocycles. The molecule has 182 valence electrons. The lowest BCUT2D eigenvalue weighted by Gasteiger charge is -2.15. The Hall–Kier alpha value is -4.56. The Morgan fingerprint density at radius 3 is 2.67 bits per heavy atom. The molecule has 0 radical (unpaired) electrons. The van der Waals surface area contributed by atoms with Gasteiger partial charge in [0.05, 0.1) is 30.0 Å². The van der Waals surface area contributed by atoms with E-state index in [4.69, 9.17) is 21.6 Å². The lowest BCUT2D eigenvalue weighted by atomic mass is 10.0. The molecule has 2 aromatic carbocycles. The molecule has 0 saturated heterocycles. The van der Waals surface area contributed by atoms with Crippen LogP contribution in [0.15, 0.2) is 59.8 Å². The Morgan fingerprint density at radius 2 is 1.94 bits per heavy atom. The van der Waals surface area contributed by atoms with Crippen LogP contribution in [-0.2, 0) is 6.54 Å². The highest BCUT2D eigenvalue weighted by Gasteiger charge is 2.18. The number of nitrogens with zero attached hydrogens (tertiary/aromatic N) is 4. The summed E-state index contributed by atoms with van der Waals surface area (Å²) in [6.45, 7) is -3.05. The third kappa shape index (κ3) is 5.24. The van der Waals surface area contributed by atoms with Crippen LogP contribution in [0.2, 0.25) is 5.02 Å². The van der Waals surface area contributed by atoms with Crippen LogP contribution in [0, 0.1) is 11.3 Å². The summed E-state index contributed by atoms with van der Waals surface area (Å²) < 4.78 is 36.7. The predicted molar refractivity (Wildman–Crippen MR) is 124 cm³/mol. The number of aromatic nitrogens is 3. The molecule has 0 atom stereocenters. The van der Waals surface area contributed by atoms with Crippen LogP contribution < -0.4 is 15.0 Å². The molecule has 2 aromatic heterocycles. The fourth-order valence-electron chi connectivity index (χ4n) is 3.45. The van der Waals surface area contributed by atoms with Gasteiger partial charge in [0.25, 0.3) is 5.56 Å². The Labute approximate surface area is 206 Å². The first-order chi connectivity index (χ1) is 17.3. The largest absolute Gasteiger partial charge is 0.491 e. The number of carboxylic acids is 1. The van der Waals surface area contributed by atoms with E-state index in [0.29, 0.717) is 27.4 Å². The fourth-order valence-corrected chi connectivity index (χ4v) is 3.62. The van der Waals surface area contributed by atoms with E-state index in [1.54, 1.807) is 12.1 Å². The molecule has 0 bridgehead atoms. The highest BCUT2D eigenvalue weighted by molar-refractivity contribution is 6.31. The van der Waals surface area contributed by atoms with Crippen molar-refractivity contribution in [2.24, 2.45) is 0 Å². The van der Waals surface area contributed by atoms with Crippen molar-refractivity contribution in [3.63, 3.8) is 0 Å². The molecule has 0 aliphatic heterocycles. The van der Waals surface area contributed by atoms with E-state index in [1.165, 1.54) is 41.4 Å². The molecule has 4 rings (SSSR count). The van der Waals surface area contributed by atoms with Gasteiger partial charge in [0.15, 0.2) is 0 Å². The van der Waals surface area contributed by atoms with Gasteiger partial charge < -0.3 is 14.6 Å². The quantitative estimate of drug-likeness (QED) is 0.369. The number of carboxylic acid groups (broad SMARTS) is 1. The third-order valence-corrected chi connectivity index (χ3v) is 5.33. The van der Waals surface area contributed by atoms with Crippen molar-refractivity contribution >= 4 is 28.5 Å². The summed E-state index contributed by atoms with van der Waals surface area (Å²) in [6.07, 6.45) is 2.69. The number of pyridine rings is 1. The van der Waals surface area contributed by atoms with Crippen molar-refractivity contribution in [1.29, 1.82) is 5.26 Å². The molecule has 12 heteroatoms. The van der Waals surface area contributed by atoms with Crippen LogP contribution in [-0.4, -0.2) is 38.8 Å². The van der Waals surface area contributed by atoms with Crippen molar-refractivity contribution in [1.82, 2.24) is 14.5 Å². The van der Waals surface area contributed by atoms with Gasteiger partial charge in [-0.05, 0) is 42.0 Å². The molecule has 0 saturated carbocycles. The van der Waals surface area contributed by atoms with Crippen LogP contribution in [0.5, 0.6) is 11.5 Å². The Kier molecular flexibility index (Phi) is 7.07. The van der Waals surface area contributed by atoms with Crippen molar-refractivity contribution < 1.29 is 28.2 Å². The summed E-state index contributed by atoms with van der Waals surface area (Å²) in [5, 5.41) is 19.0. The smallest absolute Gasteiger partial charge is 0.387 e. The number of hydrogen-bond acceptors (Lipinski definition) is 7. The molecule has 1 N–H and O–H groups in total. The Bertz CT molecular complexity index is 1570. The monoisotopic (exact) mass is 512 g/mol. The summed E-state index contributed by atoms with van der Waals surface area (Å²) in [5.41, 5.74) is 0.352. The Balaban J connectivity index is 1.60. The van der Waals surface area contributed by atoms with Gasteiger partial charge in [-0.15, -0.1) is 0 Å². The van der Waals surface area contributed by atoms with E-state index in [9.17, 15) is 23.5 Å². The van der Waals surface area contributed by atoms with Crippen molar-refractivity contribution in [3.8, 4) is 28.7 Å². The van der Waals surface area contributed by atoms with Crippen LogP contribution in [0.3, 0.4) is 0 Å². The standard InChI is InChI=1S/C24H15ClF2N4O5/c25-14-2-4-20(16(8-14)13-1-3-21(36-24(26)27)18(7-13)23(33)34)35-6-5-31-12-30-19-11-29-15(10-28)9-17(19)22(31)32/h1-4,7-9,11-12,24H,5-6H2,(H,33,34). The van der Waals surface area contributed by atoms with Gasteiger partial charge in [-0.1, -0.05) is 17.7 Å². The average molecular weight is 513 g/mol. The maximum absolute atomic E-state index is 12.8. The molecular weight excluding hydrogens is 498 g/mol. The average Bonchev–Trinajstić information content (AvgIpc) is 2.86. The van der Waals surface area contributed by atoms with E-state index >= 15 is 0 Å². The normalized spacial score (nSPS) is 10.9. The summed E-state index contributed by atoms with van der Waals surface area (Å²) in [6, 6.07) is 11.6. The number of nitriles is 1. The zero-order chi connectivity index (χ0) is 25.8. The predicted octanol–water partition coefficient (Wildman–Crippen LogP) is 4.36. The van der Waals surface area contributed by atoms with Crippen LogP contribution in [0.1, 0.15) is 16.1 Å². The number of carbonyl (C=O) groups is 1. The zero-order valence-corrected chi connectivity index (χ0v) is 18.9. The second-order valence-corrected chi connectivity index (χ2v) is 7.76. The molecule has 0 fully saturated rings. The first-order valence-corrected chi connectivity index (χ1v) is 10.6. The number of fused-ring (bicyclic) bond motifs is 1. The molecule has 36 heavy (non-hydrogen) atoms. The van der Waals surface area contributed by atoms with E-state index in [2.05, 4.69) is 14.7 Å². The number of alkyl halides is 2. The van der Waals surface area contributed by atoms with E-state index in [0.717, 1.165) is 6.07 Å². The number of aromatic carboxylic acids is 1. The third-order valence-electron chi connectivity index (χ3n) is 5.09. The number of benzene rings is 2. The topological polar surface area (TPSA) is 127 Å². The van der Waals surface area contributed by atoms with Gasteiger partial charge in [-0.3, -0.25) is 9.36 Å². The van der Waals surface area contributed by atoms with E-state index < -0.39 is 23.9 Å². The number of ether oxygens (including phenoxy) is 2. The van der Waals surface area contributed by atoms with Crippen LogP contribution in [0.4, 0.5) is 8.78 Å². The zero-order valence-electron chi connectivity index (χ0n) is 18.2. The first kappa shape index (κ1) is 24.6. The van der Waals surface area contributed by atoms with Crippen LogP contribution >= 0.6 is 11.6 Å². The molecule has 4 aromatic rings. The van der Waals surface area contributed by atoms with Crippen molar-refractivity contribution in [2.75, 3.05) is 6.61 Å². The summed E-state index contributed by atoms with van der Waals surface area (Å²) in [5.74, 6) is -1.62. The van der Waals surface area contributed by atoms with Gasteiger partial charge >= 0.3 is 12.6 Å². The van der Waals surface area contributed by atoms with E-state index in [-0.39, 0.29) is 29.8 Å². The molecule has 0 spiro atoms. The number of rotatable bonds is 8. The Morgan fingerprint density at radius 1 is 1.17 bits per heavy atom. The minimum absolute atomic E-state index is 0.0241. The lowest BCUT2D eigenvalue weighted by molar-refractivity contribution is -0.0503. The number of hydrogen-bond donors (Lipinski definition) is 1. The molecule has 0 aliphatic rings. The summed E-state index contributed by atoms with van der Waals surface area (Å²) >= 11 is 6.12. The molecular formula is C24H15ClF2N4O5. The molecule has 0 aliphatic carbocycles. The molecule has 9 nitrogen and oxygen atoms in total. The lowest BCUT2D eigenvalue weighted by Crippen LogP contribution is -2.23. The number of halogens is 3. The van der Waals surface area contributed by atoms with Gasteiger partial charge in [0, 0.05) is 10.6 Å². The highest BCUT2D eigenvalue weighted by Crippen LogP contribution is 2.35. The second kappa shape index (κ2) is 10.4. The fraction of sp³-hybridized carbons (Fsp3) is 0.125. The SMILES string of the molecule is N#Cc1cc2c(=O)n(CCOc3ccc(Cl)cc3-c3ccc(OC(F)F)c(C(=O)O)c3)cnc2cn1. The minimum atomic E-state index is -3.19. The van der Waals surface area contributed by atoms with Gasteiger partial charge in [-0.25, -0.2) is 14.8 Å². The van der Waals surface area contributed by atoms with Gasteiger partial charge in [-0.2, -0.15) is 14.0 Å². The molecule has 0 amide bonds. The van der Waals surface area contributed by atoms with Crippen molar-refractivity contribution in [2.45, 2.75) is 13.2 Å². The maximum Gasteiger partial charge on any atom is 0.387 e. The summed E-state index contributed by atoms with van der Waals surface area (Å²) in [7, 11) is 0. The minimum Gasteiger partial charge on any atom is -0.491 e. The van der Waals surface area contributed by atoms with Crippen molar-refractivity contribution in [3.05, 3.63) is 81.6 Å². The van der Waals surface area contributed by atoms with Gasteiger partial charge in [0.2, 0.25) is 0 Å². The highest BCUT2D eigenvalue weighted by atomic mass is 35.5. The summed E-state index contributed by atoms with van der Waals surface area (Å²) in [4.78, 5) is 32.4. The first-order valence-electron chi connectivity index (χ1n) is 10.3. The van der Waals surface area contributed by atoms with Crippen LogP contribution in [0.25, 0.3) is 22.0 Å². The second-order valence-electron chi connectivity index (χ2n) is 7.33. The van der Waals surface area contributed by atoms with Gasteiger partial charge in [0.1, 0.15) is 35.4 Å². The molecule has 0 unspecified atom stereocenters. The van der Waals surface area contributed by atoms with E-state index in [1.807, 2.05) is 6.07 Å².